The third-order valence-electron chi connectivity index (χ3n) is 5.59. The molecule has 0 aromatic rings. The molecule has 0 amide bonds. The summed E-state index contributed by atoms with van der Waals surface area (Å²) < 4.78 is 0. The Morgan fingerprint density at radius 1 is 1.11 bits per heavy atom. The zero-order valence-electron chi connectivity index (χ0n) is 13.0. The zero-order chi connectivity index (χ0) is 13.7. The van der Waals surface area contributed by atoms with Gasteiger partial charge in [0.15, 0.2) is 0 Å². The molecule has 0 aromatic carbocycles. The summed E-state index contributed by atoms with van der Waals surface area (Å²) in [4.78, 5) is 2.84. The minimum atomic E-state index is 0.381. The van der Waals surface area contributed by atoms with Crippen molar-refractivity contribution in [2.45, 2.75) is 83.7 Å². The SMILES string of the molecule is CCCCC[C@@H]1[C@H](CC)C[C@H](CCO)[C@H]2CCCN12. The van der Waals surface area contributed by atoms with Gasteiger partial charge >= 0.3 is 0 Å². The number of fused-ring (bicyclic) bond motifs is 1. The van der Waals surface area contributed by atoms with Crippen LogP contribution in [0.25, 0.3) is 0 Å². The number of aliphatic hydroxyl groups excluding tert-OH is 1. The number of nitrogens with zero attached hydrogens (tertiary/aromatic N) is 1. The second kappa shape index (κ2) is 7.64. The lowest BCUT2D eigenvalue weighted by molar-refractivity contribution is 0.0106. The third kappa shape index (κ3) is 3.52. The van der Waals surface area contributed by atoms with E-state index in [1.807, 2.05) is 0 Å². The lowest BCUT2D eigenvalue weighted by Crippen LogP contribution is -2.52. The number of unbranched alkanes of at least 4 members (excludes halogenated alkanes) is 2. The minimum absolute atomic E-state index is 0.381. The molecule has 19 heavy (non-hydrogen) atoms. The fourth-order valence-electron chi connectivity index (χ4n) is 4.63. The average Bonchev–Trinajstić information content (AvgIpc) is 2.90. The maximum absolute atomic E-state index is 9.32. The van der Waals surface area contributed by atoms with Crippen LogP contribution in [0.15, 0.2) is 0 Å². The first-order valence-corrected chi connectivity index (χ1v) is 8.68. The summed E-state index contributed by atoms with van der Waals surface area (Å²) in [5, 5.41) is 9.32. The predicted octanol–water partition coefficient (Wildman–Crippen LogP) is 3.83. The summed E-state index contributed by atoms with van der Waals surface area (Å²) in [5.41, 5.74) is 0. The van der Waals surface area contributed by atoms with Gasteiger partial charge < -0.3 is 5.11 Å². The van der Waals surface area contributed by atoms with E-state index < -0.39 is 0 Å². The molecule has 0 saturated carbocycles. The number of hydrogen-bond donors (Lipinski definition) is 1. The van der Waals surface area contributed by atoms with Crippen LogP contribution in [0.1, 0.15) is 71.6 Å². The molecule has 0 aliphatic carbocycles. The smallest absolute Gasteiger partial charge is 0.0434 e. The Hall–Kier alpha value is -0.0800. The molecule has 4 atom stereocenters. The van der Waals surface area contributed by atoms with E-state index >= 15 is 0 Å². The van der Waals surface area contributed by atoms with Crippen molar-refractivity contribution in [1.82, 2.24) is 4.90 Å². The minimum Gasteiger partial charge on any atom is -0.396 e. The van der Waals surface area contributed by atoms with Crippen molar-refractivity contribution in [3.05, 3.63) is 0 Å². The van der Waals surface area contributed by atoms with Crippen molar-refractivity contribution in [3.63, 3.8) is 0 Å². The van der Waals surface area contributed by atoms with Crippen LogP contribution in [-0.2, 0) is 0 Å². The standard InChI is InChI=1S/C17H33NO/c1-3-5-6-8-16-14(4-2)13-15(10-12-19)17-9-7-11-18(16)17/h14-17,19H,3-13H2,1-2H3/t14-,15+,16-,17-/m1/s1. The molecule has 2 aliphatic rings. The van der Waals surface area contributed by atoms with Crippen molar-refractivity contribution in [1.29, 1.82) is 0 Å². The molecule has 2 rings (SSSR count). The highest BCUT2D eigenvalue weighted by Crippen LogP contribution is 2.42. The number of aliphatic hydroxyl groups is 1. The fraction of sp³-hybridized carbons (Fsp3) is 1.00. The van der Waals surface area contributed by atoms with Crippen molar-refractivity contribution >= 4 is 0 Å². The highest BCUT2D eigenvalue weighted by atomic mass is 16.3. The van der Waals surface area contributed by atoms with Gasteiger partial charge in [0.25, 0.3) is 0 Å². The quantitative estimate of drug-likeness (QED) is 0.709. The molecule has 112 valence electrons. The van der Waals surface area contributed by atoms with Crippen molar-refractivity contribution in [3.8, 4) is 0 Å². The van der Waals surface area contributed by atoms with E-state index in [0.29, 0.717) is 6.61 Å². The molecule has 0 radical (unpaired) electrons. The van der Waals surface area contributed by atoms with E-state index in [2.05, 4.69) is 18.7 Å². The first-order valence-electron chi connectivity index (χ1n) is 8.68. The summed E-state index contributed by atoms with van der Waals surface area (Å²) in [6.07, 6.45) is 12.0. The van der Waals surface area contributed by atoms with E-state index in [9.17, 15) is 5.11 Å². The monoisotopic (exact) mass is 267 g/mol. The molecule has 0 aromatic heterocycles. The molecule has 2 aliphatic heterocycles. The molecule has 2 fully saturated rings. The fourth-order valence-corrected chi connectivity index (χ4v) is 4.63. The lowest BCUT2D eigenvalue weighted by Gasteiger charge is -2.47. The number of piperidine rings is 1. The Balaban J connectivity index is 2.00. The van der Waals surface area contributed by atoms with Gasteiger partial charge in [0.1, 0.15) is 0 Å². The first-order chi connectivity index (χ1) is 9.31. The Morgan fingerprint density at radius 3 is 2.63 bits per heavy atom. The second-order valence-electron chi connectivity index (χ2n) is 6.69. The molecule has 0 unspecified atom stereocenters. The van der Waals surface area contributed by atoms with Gasteiger partial charge in [-0.1, -0.05) is 39.5 Å². The van der Waals surface area contributed by atoms with E-state index in [0.717, 1.165) is 30.3 Å². The molecule has 0 bridgehead atoms. The largest absolute Gasteiger partial charge is 0.396 e. The number of rotatable bonds is 7. The van der Waals surface area contributed by atoms with E-state index in [1.54, 1.807) is 0 Å². The molecule has 1 N–H and O–H groups in total. The van der Waals surface area contributed by atoms with Crippen LogP contribution in [0, 0.1) is 11.8 Å². The van der Waals surface area contributed by atoms with Crippen LogP contribution in [0.4, 0.5) is 0 Å². The van der Waals surface area contributed by atoms with Gasteiger partial charge in [0.05, 0.1) is 0 Å². The first kappa shape index (κ1) is 15.3. The Bertz CT molecular complexity index is 256. The van der Waals surface area contributed by atoms with Gasteiger partial charge in [-0.3, -0.25) is 4.90 Å². The Morgan fingerprint density at radius 2 is 1.95 bits per heavy atom. The summed E-state index contributed by atoms with van der Waals surface area (Å²) in [7, 11) is 0. The van der Waals surface area contributed by atoms with Crippen LogP contribution in [0.2, 0.25) is 0 Å². The maximum Gasteiger partial charge on any atom is 0.0434 e. The van der Waals surface area contributed by atoms with E-state index in [4.69, 9.17) is 0 Å². The van der Waals surface area contributed by atoms with Crippen LogP contribution < -0.4 is 0 Å². The van der Waals surface area contributed by atoms with Crippen LogP contribution in [-0.4, -0.2) is 35.2 Å². The van der Waals surface area contributed by atoms with Crippen molar-refractivity contribution < 1.29 is 5.11 Å². The lowest BCUT2D eigenvalue weighted by atomic mass is 9.75. The van der Waals surface area contributed by atoms with E-state index in [-0.39, 0.29) is 0 Å². The predicted molar refractivity (Wildman–Crippen MR) is 81.2 cm³/mol. The maximum atomic E-state index is 9.32. The van der Waals surface area contributed by atoms with Gasteiger partial charge in [-0.2, -0.15) is 0 Å². The van der Waals surface area contributed by atoms with Gasteiger partial charge in [0.2, 0.25) is 0 Å². The molecule has 2 heteroatoms. The van der Waals surface area contributed by atoms with Gasteiger partial charge in [0, 0.05) is 18.7 Å². The van der Waals surface area contributed by atoms with Crippen LogP contribution in [0.5, 0.6) is 0 Å². The topological polar surface area (TPSA) is 23.5 Å². The molecular weight excluding hydrogens is 234 g/mol. The Kier molecular flexibility index (Phi) is 6.15. The number of hydrogen-bond acceptors (Lipinski definition) is 2. The van der Waals surface area contributed by atoms with Crippen LogP contribution >= 0.6 is 0 Å². The molecule has 0 spiro atoms. The van der Waals surface area contributed by atoms with E-state index in [1.165, 1.54) is 57.9 Å². The van der Waals surface area contributed by atoms with Gasteiger partial charge in [-0.15, -0.1) is 0 Å². The average molecular weight is 267 g/mol. The summed E-state index contributed by atoms with van der Waals surface area (Å²) in [5.74, 6) is 1.64. The summed E-state index contributed by atoms with van der Waals surface area (Å²) >= 11 is 0. The molecular formula is C17H33NO. The normalized spacial score (nSPS) is 35.5. The summed E-state index contributed by atoms with van der Waals surface area (Å²) in [6.45, 7) is 6.36. The highest BCUT2D eigenvalue weighted by Gasteiger charge is 2.43. The summed E-state index contributed by atoms with van der Waals surface area (Å²) in [6, 6.07) is 1.64. The second-order valence-corrected chi connectivity index (χ2v) is 6.69. The van der Waals surface area contributed by atoms with Gasteiger partial charge in [-0.25, -0.2) is 0 Å². The highest BCUT2D eigenvalue weighted by molar-refractivity contribution is 4.97. The Labute approximate surface area is 119 Å². The van der Waals surface area contributed by atoms with Crippen molar-refractivity contribution in [2.24, 2.45) is 11.8 Å². The third-order valence-corrected chi connectivity index (χ3v) is 5.59. The molecule has 2 nitrogen and oxygen atoms in total. The molecule has 2 saturated heterocycles. The zero-order valence-corrected chi connectivity index (χ0v) is 13.0. The van der Waals surface area contributed by atoms with Crippen LogP contribution in [0.3, 0.4) is 0 Å². The van der Waals surface area contributed by atoms with Gasteiger partial charge in [-0.05, 0) is 50.5 Å². The van der Waals surface area contributed by atoms with Crippen molar-refractivity contribution in [2.75, 3.05) is 13.2 Å². The molecule has 2 heterocycles.